The lowest BCUT2D eigenvalue weighted by molar-refractivity contribution is -0.116. The fourth-order valence-electron chi connectivity index (χ4n) is 1.35. The number of Topliss-reactive ketones (excluding diaryl/α,β-unsaturated/α-hetero) is 1. The van der Waals surface area contributed by atoms with Crippen LogP contribution in [0, 0.1) is 5.82 Å². The van der Waals surface area contributed by atoms with Gasteiger partial charge in [-0.05, 0) is 36.4 Å². The summed E-state index contributed by atoms with van der Waals surface area (Å²) in [6, 6.07) is 9.65. The number of ketones is 1. The van der Waals surface area contributed by atoms with E-state index in [1.165, 1.54) is 23.9 Å². The maximum atomic E-state index is 12.6. The zero-order chi connectivity index (χ0) is 12.1. The maximum absolute atomic E-state index is 12.6. The van der Waals surface area contributed by atoms with E-state index in [1.54, 1.807) is 30.5 Å². The van der Waals surface area contributed by atoms with E-state index in [2.05, 4.69) is 0 Å². The second kappa shape index (κ2) is 5.68. The molecule has 0 aliphatic rings. The zero-order valence-electron chi connectivity index (χ0n) is 9.06. The van der Waals surface area contributed by atoms with Gasteiger partial charge in [0, 0.05) is 4.90 Å². The fourth-order valence-corrected chi connectivity index (χ4v) is 2.11. The Labute approximate surface area is 103 Å². The summed E-state index contributed by atoms with van der Waals surface area (Å²) in [5.74, 6) is 0.868. The lowest BCUT2D eigenvalue weighted by Gasteiger charge is -2.00. The third-order valence-corrected chi connectivity index (χ3v) is 3.24. The van der Waals surface area contributed by atoms with Crippen LogP contribution in [0.15, 0.2) is 52.0 Å². The molecule has 0 radical (unpaired) electrons. The molecule has 1 heterocycles. The SMILES string of the molecule is O=C(CSc1ccc(F)cc1)Cc1ccco1. The second-order valence-electron chi connectivity index (χ2n) is 3.54. The molecule has 1 aromatic carbocycles. The van der Waals surface area contributed by atoms with Gasteiger partial charge in [-0.15, -0.1) is 11.8 Å². The molecule has 0 aliphatic heterocycles. The van der Waals surface area contributed by atoms with E-state index in [4.69, 9.17) is 4.42 Å². The van der Waals surface area contributed by atoms with Gasteiger partial charge in [0.1, 0.15) is 11.6 Å². The fraction of sp³-hybridized carbons (Fsp3) is 0.154. The molecule has 4 heteroatoms. The highest BCUT2D eigenvalue weighted by molar-refractivity contribution is 8.00. The first-order chi connectivity index (χ1) is 8.24. The van der Waals surface area contributed by atoms with Crippen molar-refractivity contribution in [3.63, 3.8) is 0 Å². The minimum absolute atomic E-state index is 0.0919. The average molecular weight is 250 g/mol. The number of hydrogen-bond donors (Lipinski definition) is 0. The van der Waals surface area contributed by atoms with Gasteiger partial charge in [-0.25, -0.2) is 4.39 Å². The molecule has 88 valence electrons. The van der Waals surface area contributed by atoms with Gasteiger partial charge in [0.15, 0.2) is 5.78 Å². The van der Waals surface area contributed by atoms with Crippen LogP contribution in [0.2, 0.25) is 0 Å². The van der Waals surface area contributed by atoms with Gasteiger partial charge in [-0.2, -0.15) is 0 Å². The minimum atomic E-state index is -0.267. The van der Waals surface area contributed by atoms with E-state index in [1.807, 2.05) is 0 Å². The summed E-state index contributed by atoms with van der Waals surface area (Å²) in [6.07, 6.45) is 1.86. The summed E-state index contributed by atoms with van der Waals surface area (Å²) in [4.78, 5) is 12.5. The molecule has 0 bridgehead atoms. The maximum Gasteiger partial charge on any atom is 0.150 e. The summed E-state index contributed by atoms with van der Waals surface area (Å²) in [7, 11) is 0. The molecule has 0 saturated carbocycles. The highest BCUT2D eigenvalue weighted by Crippen LogP contribution is 2.18. The van der Waals surface area contributed by atoms with Gasteiger partial charge >= 0.3 is 0 Å². The van der Waals surface area contributed by atoms with E-state index < -0.39 is 0 Å². The lowest BCUT2D eigenvalue weighted by Crippen LogP contribution is -2.04. The van der Waals surface area contributed by atoms with Crippen LogP contribution in [0.25, 0.3) is 0 Å². The quantitative estimate of drug-likeness (QED) is 0.762. The molecule has 0 amide bonds. The molecule has 0 aliphatic carbocycles. The van der Waals surface area contributed by atoms with E-state index >= 15 is 0 Å². The summed E-state index contributed by atoms with van der Waals surface area (Å²) >= 11 is 1.40. The number of furan rings is 1. The van der Waals surface area contributed by atoms with E-state index in [0.29, 0.717) is 17.9 Å². The van der Waals surface area contributed by atoms with Crippen LogP contribution in [0.3, 0.4) is 0 Å². The molecule has 2 nitrogen and oxygen atoms in total. The van der Waals surface area contributed by atoms with E-state index in [9.17, 15) is 9.18 Å². The highest BCUT2D eigenvalue weighted by Gasteiger charge is 2.06. The van der Waals surface area contributed by atoms with Crippen molar-refractivity contribution >= 4 is 17.5 Å². The molecule has 0 N–H and O–H groups in total. The van der Waals surface area contributed by atoms with Crippen molar-refractivity contribution in [2.75, 3.05) is 5.75 Å². The van der Waals surface area contributed by atoms with Crippen molar-refractivity contribution in [3.05, 3.63) is 54.2 Å². The predicted molar refractivity (Wildman–Crippen MR) is 64.5 cm³/mol. The lowest BCUT2D eigenvalue weighted by atomic mass is 10.2. The number of hydrogen-bond acceptors (Lipinski definition) is 3. The van der Waals surface area contributed by atoms with Gasteiger partial charge in [0.2, 0.25) is 0 Å². The molecule has 0 fully saturated rings. The Kier molecular flexibility index (Phi) is 3.98. The predicted octanol–water partition coefficient (Wildman–Crippen LogP) is 3.32. The largest absolute Gasteiger partial charge is 0.469 e. The van der Waals surface area contributed by atoms with Gasteiger partial charge in [-0.1, -0.05) is 0 Å². The van der Waals surface area contributed by atoms with Gasteiger partial charge in [0.05, 0.1) is 18.4 Å². The van der Waals surface area contributed by atoms with Crippen LogP contribution in [0.1, 0.15) is 5.76 Å². The zero-order valence-corrected chi connectivity index (χ0v) is 9.87. The monoisotopic (exact) mass is 250 g/mol. The molecule has 1 aromatic heterocycles. The summed E-state index contributed by atoms with van der Waals surface area (Å²) in [5, 5.41) is 0. The standard InChI is InChI=1S/C13H11FO2S/c14-10-3-5-13(6-4-10)17-9-11(15)8-12-2-1-7-16-12/h1-7H,8-9H2. The Morgan fingerprint density at radius 1 is 1.24 bits per heavy atom. The third kappa shape index (κ3) is 3.75. The topological polar surface area (TPSA) is 30.2 Å². The van der Waals surface area contributed by atoms with E-state index in [-0.39, 0.29) is 11.6 Å². The highest BCUT2D eigenvalue weighted by atomic mass is 32.2. The normalized spacial score (nSPS) is 10.4. The molecule has 17 heavy (non-hydrogen) atoms. The molecule has 0 saturated heterocycles. The van der Waals surface area contributed by atoms with Crippen molar-refractivity contribution in [3.8, 4) is 0 Å². The molecule has 2 aromatic rings. The summed E-state index contributed by atoms with van der Waals surface area (Å²) in [6.45, 7) is 0. The van der Waals surface area contributed by atoms with Crippen LogP contribution < -0.4 is 0 Å². The number of rotatable bonds is 5. The number of carbonyl (C=O) groups excluding carboxylic acids is 1. The van der Waals surface area contributed by atoms with Crippen LogP contribution in [0.5, 0.6) is 0 Å². The van der Waals surface area contributed by atoms with Gasteiger partial charge in [0.25, 0.3) is 0 Å². The third-order valence-electron chi connectivity index (χ3n) is 2.16. The molecule has 0 unspecified atom stereocenters. The minimum Gasteiger partial charge on any atom is -0.469 e. The Balaban J connectivity index is 1.82. The van der Waals surface area contributed by atoms with Crippen molar-refractivity contribution in [1.29, 1.82) is 0 Å². The smallest absolute Gasteiger partial charge is 0.150 e. The Bertz CT molecular complexity index is 477. The van der Waals surface area contributed by atoms with E-state index in [0.717, 1.165) is 4.90 Å². The van der Waals surface area contributed by atoms with Crippen LogP contribution in [-0.4, -0.2) is 11.5 Å². The Hall–Kier alpha value is -1.55. The van der Waals surface area contributed by atoms with Crippen molar-refractivity contribution in [1.82, 2.24) is 0 Å². The molecule has 0 atom stereocenters. The van der Waals surface area contributed by atoms with Crippen molar-refractivity contribution in [2.24, 2.45) is 0 Å². The number of halogens is 1. The molecule has 2 rings (SSSR count). The second-order valence-corrected chi connectivity index (χ2v) is 4.59. The average Bonchev–Trinajstić information content (AvgIpc) is 2.81. The van der Waals surface area contributed by atoms with Gasteiger partial charge < -0.3 is 4.42 Å². The number of thioether (sulfide) groups is 1. The van der Waals surface area contributed by atoms with Crippen LogP contribution in [0.4, 0.5) is 4.39 Å². The Morgan fingerprint density at radius 3 is 2.65 bits per heavy atom. The van der Waals surface area contributed by atoms with Crippen LogP contribution in [-0.2, 0) is 11.2 Å². The van der Waals surface area contributed by atoms with Crippen molar-refractivity contribution < 1.29 is 13.6 Å². The Morgan fingerprint density at radius 2 is 2.00 bits per heavy atom. The van der Waals surface area contributed by atoms with Gasteiger partial charge in [-0.3, -0.25) is 4.79 Å². The molecule has 0 spiro atoms. The summed E-state index contributed by atoms with van der Waals surface area (Å²) in [5.41, 5.74) is 0. The first kappa shape index (κ1) is 11.9. The summed E-state index contributed by atoms with van der Waals surface area (Å²) < 4.78 is 17.7. The number of benzene rings is 1. The van der Waals surface area contributed by atoms with Crippen molar-refractivity contribution in [2.45, 2.75) is 11.3 Å². The number of carbonyl (C=O) groups is 1. The first-order valence-electron chi connectivity index (χ1n) is 5.16. The molecular formula is C13H11FO2S. The van der Waals surface area contributed by atoms with Crippen LogP contribution >= 0.6 is 11.8 Å². The first-order valence-corrected chi connectivity index (χ1v) is 6.15. The molecular weight excluding hydrogens is 239 g/mol.